The number of amides is 1. The molecule has 2 aliphatic heterocycles. The van der Waals surface area contributed by atoms with E-state index in [1.54, 1.807) is 5.01 Å². The molecule has 0 spiro atoms. The van der Waals surface area contributed by atoms with Crippen molar-refractivity contribution >= 4 is 6.09 Å². The van der Waals surface area contributed by atoms with Gasteiger partial charge < -0.3 is 4.74 Å². The Morgan fingerprint density at radius 3 is 2.80 bits per heavy atom. The first kappa shape index (κ1) is 10.3. The zero-order valence-corrected chi connectivity index (χ0v) is 9.78. The van der Waals surface area contributed by atoms with Gasteiger partial charge in [0.05, 0.1) is 18.7 Å². The average Bonchev–Trinajstić information content (AvgIpc) is 2.30. The molecule has 0 aromatic heterocycles. The van der Waals surface area contributed by atoms with Crippen LogP contribution in [0.1, 0.15) is 33.6 Å². The van der Waals surface area contributed by atoms with Crippen molar-refractivity contribution in [3.8, 4) is 0 Å². The van der Waals surface area contributed by atoms with Crippen LogP contribution in [0, 0.1) is 0 Å². The van der Waals surface area contributed by atoms with E-state index in [0.29, 0.717) is 0 Å². The second kappa shape index (κ2) is 3.15. The number of rotatable bonds is 0. The van der Waals surface area contributed by atoms with Gasteiger partial charge in [0.1, 0.15) is 0 Å². The van der Waals surface area contributed by atoms with E-state index in [9.17, 15) is 4.79 Å². The molecule has 1 fully saturated rings. The number of hydrazine groups is 1. The zero-order chi connectivity index (χ0) is 11.2. The molecule has 0 aromatic carbocycles. The number of fused-ring (bicyclic) bond motifs is 2. The van der Waals surface area contributed by atoms with Crippen LogP contribution in [-0.2, 0) is 4.74 Å². The van der Waals surface area contributed by atoms with Gasteiger partial charge in [-0.15, -0.1) is 0 Å². The van der Waals surface area contributed by atoms with Crippen LogP contribution < -0.4 is 0 Å². The predicted octanol–water partition coefficient (Wildman–Crippen LogP) is 2.13. The number of ether oxygens (including phenoxy) is 1. The van der Waals surface area contributed by atoms with Gasteiger partial charge in [-0.1, -0.05) is 5.57 Å². The summed E-state index contributed by atoms with van der Waals surface area (Å²) in [6, 6.07) is 0.262. The van der Waals surface area contributed by atoms with Crippen molar-refractivity contribution in [1.82, 2.24) is 10.0 Å². The molecule has 1 amide bonds. The van der Waals surface area contributed by atoms with Crippen LogP contribution in [0.3, 0.4) is 0 Å². The summed E-state index contributed by atoms with van der Waals surface area (Å²) in [5, 5.41) is 3.76. The van der Waals surface area contributed by atoms with Gasteiger partial charge >= 0.3 is 6.09 Å². The van der Waals surface area contributed by atoms with Gasteiger partial charge in [-0.3, -0.25) is 5.01 Å². The van der Waals surface area contributed by atoms with Crippen molar-refractivity contribution < 1.29 is 9.53 Å². The van der Waals surface area contributed by atoms with Crippen molar-refractivity contribution in [2.45, 2.75) is 45.2 Å². The second-order valence-corrected chi connectivity index (χ2v) is 5.01. The van der Waals surface area contributed by atoms with Gasteiger partial charge in [0.2, 0.25) is 0 Å². The Hall–Kier alpha value is -1.19. The molecule has 84 valence electrons. The Balaban J connectivity index is 2.34. The fraction of sp³-hybridized carbons (Fsp3) is 0.727. The van der Waals surface area contributed by atoms with E-state index >= 15 is 0 Å². The van der Waals surface area contributed by atoms with Crippen LogP contribution >= 0.6 is 0 Å². The third-order valence-electron chi connectivity index (χ3n) is 3.20. The monoisotopic (exact) mass is 210 g/mol. The number of carbonyl (C=O) groups excluding carboxylic acids is 1. The van der Waals surface area contributed by atoms with Gasteiger partial charge in [0.15, 0.2) is 0 Å². The van der Waals surface area contributed by atoms with Crippen molar-refractivity contribution in [3.05, 3.63) is 11.8 Å². The van der Waals surface area contributed by atoms with Crippen LogP contribution in [0.2, 0.25) is 0 Å². The summed E-state index contributed by atoms with van der Waals surface area (Å²) in [6.07, 6.45) is 3.75. The van der Waals surface area contributed by atoms with Crippen LogP contribution in [0.15, 0.2) is 11.8 Å². The molecule has 15 heavy (non-hydrogen) atoms. The summed E-state index contributed by atoms with van der Waals surface area (Å²) in [4.78, 5) is 11.7. The van der Waals surface area contributed by atoms with Gasteiger partial charge in [-0.05, 0) is 33.6 Å². The second-order valence-electron chi connectivity index (χ2n) is 5.01. The van der Waals surface area contributed by atoms with Gasteiger partial charge in [0, 0.05) is 6.20 Å². The average molecular weight is 210 g/mol. The molecule has 0 N–H and O–H groups in total. The Kier molecular flexibility index (Phi) is 2.17. The van der Waals surface area contributed by atoms with Gasteiger partial charge in [0.25, 0.3) is 0 Å². The normalized spacial score (nSPS) is 27.7. The lowest BCUT2D eigenvalue weighted by molar-refractivity contribution is -0.00899. The standard InChI is InChI=1S/C11H18N2O2/c1-8-5-9-6-11(2,3)12(7-8)13(9)10(14)15-4/h7,9H,5-6H2,1-4H3. The minimum Gasteiger partial charge on any atom is -0.452 e. The molecule has 4 nitrogen and oxygen atoms in total. The Labute approximate surface area is 90.5 Å². The first-order valence-electron chi connectivity index (χ1n) is 5.29. The lowest BCUT2D eigenvalue weighted by Crippen LogP contribution is -2.49. The molecule has 0 saturated carbocycles. The highest BCUT2D eigenvalue weighted by Crippen LogP contribution is 2.40. The first-order chi connectivity index (χ1) is 6.95. The highest BCUT2D eigenvalue weighted by molar-refractivity contribution is 5.68. The SMILES string of the molecule is COC(=O)N1C2CC(C)=CN1C(C)(C)C2. The number of nitrogens with zero attached hydrogens (tertiary/aromatic N) is 2. The molecule has 2 aliphatic rings. The highest BCUT2D eigenvalue weighted by atomic mass is 16.5. The molecule has 0 aliphatic carbocycles. The van der Waals surface area contributed by atoms with Crippen LogP contribution in [0.25, 0.3) is 0 Å². The lowest BCUT2D eigenvalue weighted by atomic mass is 9.96. The quantitative estimate of drug-likeness (QED) is 0.614. The third kappa shape index (κ3) is 1.48. The molecule has 2 heterocycles. The van der Waals surface area contributed by atoms with Gasteiger partial charge in [-0.2, -0.15) is 0 Å². The summed E-state index contributed by atoms with van der Waals surface area (Å²) in [5.74, 6) is 0. The first-order valence-corrected chi connectivity index (χ1v) is 5.29. The number of methoxy groups -OCH3 is 1. The molecule has 1 unspecified atom stereocenters. The summed E-state index contributed by atoms with van der Waals surface area (Å²) in [6.45, 7) is 6.41. The maximum Gasteiger partial charge on any atom is 0.428 e. The molecule has 1 saturated heterocycles. The van der Waals surface area contributed by atoms with Crippen molar-refractivity contribution in [2.24, 2.45) is 0 Å². The maximum atomic E-state index is 11.7. The Bertz CT molecular complexity index is 323. The van der Waals surface area contributed by atoms with Crippen molar-refractivity contribution in [1.29, 1.82) is 0 Å². The number of hydrogen-bond donors (Lipinski definition) is 0. The van der Waals surface area contributed by atoms with E-state index in [0.717, 1.165) is 12.8 Å². The number of hydrogen-bond acceptors (Lipinski definition) is 3. The van der Waals surface area contributed by atoms with Crippen molar-refractivity contribution in [2.75, 3.05) is 7.11 Å². The Morgan fingerprint density at radius 1 is 1.60 bits per heavy atom. The molecule has 2 bridgehead atoms. The maximum absolute atomic E-state index is 11.7. The van der Waals surface area contributed by atoms with Crippen molar-refractivity contribution in [3.63, 3.8) is 0 Å². The van der Waals surface area contributed by atoms with E-state index in [2.05, 4.69) is 27.0 Å². The smallest absolute Gasteiger partial charge is 0.428 e. The molecule has 1 atom stereocenters. The molecular formula is C11H18N2O2. The molecule has 0 aromatic rings. The summed E-state index contributed by atoms with van der Waals surface area (Å²) in [7, 11) is 1.43. The predicted molar refractivity (Wildman–Crippen MR) is 56.9 cm³/mol. The topological polar surface area (TPSA) is 32.8 Å². The molecule has 4 heteroatoms. The summed E-state index contributed by atoms with van der Waals surface area (Å²) in [5.41, 5.74) is 1.34. The van der Waals surface area contributed by atoms with Crippen LogP contribution in [0.4, 0.5) is 4.79 Å². The van der Waals surface area contributed by atoms with E-state index in [1.807, 2.05) is 5.01 Å². The van der Waals surface area contributed by atoms with Crippen LogP contribution in [-0.4, -0.2) is 34.8 Å². The highest BCUT2D eigenvalue weighted by Gasteiger charge is 2.48. The minimum absolute atomic E-state index is 0.0105. The zero-order valence-electron chi connectivity index (χ0n) is 9.78. The number of carbonyl (C=O) groups is 1. The van der Waals surface area contributed by atoms with E-state index in [4.69, 9.17) is 4.74 Å². The lowest BCUT2D eigenvalue weighted by Gasteiger charge is -2.39. The van der Waals surface area contributed by atoms with Crippen LogP contribution in [0.5, 0.6) is 0 Å². The summed E-state index contributed by atoms with van der Waals surface area (Å²) >= 11 is 0. The van der Waals surface area contributed by atoms with E-state index in [1.165, 1.54) is 12.7 Å². The van der Waals surface area contributed by atoms with E-state index in [-0.39, 0.29) is 17.7 Å². The largest absolute Gasteiger partial charge is 0.452 e. The molecule has 0 radical (unpaired) electrons. The van der Waals surface area contributed by atoms with E-state index < -0.39 is 0 Å². The fourth-order valence-electron chi connectivity index (χ4n) is 2.58. The Morgan fingerprint density at radius 2 is 2.27 bits per heavy atom. The fourth-order valence-corrected chi connectivity index (χ4v) is 2.58. The third-order valence-corrected chi connectivity index (χ3v) is 3.20. The molecule has 2 rings (SSSR count). The van der Waals surface area contributed by atoms with Gasteiger partial charge in [-0.25, -0.2) is 9.80 Å². The minimum atomic E-state index is -0.255. The molecular weight excluding hydrogens is 192 g/mol. The summed E-state index contributed by atoms with van der Waals surface area (Å²) < 4.78 is 4.82.